The topological polar surface area (TPSA) is 75.4 Å². The summed E-state index contributed by atoms with van der Waals surface area (Å²) in [7, 11) is 0. The van der Waals surface area contributed by atoms with Crippen LogP contribution in [0.3, 0.4) is 0 Å². The highest BCUT2D eigenvalue weighted by Crippen LogP contribution is 2.24. The molecule has 2 heterocycles. The second-order valence-corrected chi connectivity index (χ2v) is 7.40. The van der Waals surface area contributed by atoms with Gasteiger partial charge < -0.3 is 14.8 Å². The van der Waals surface area contributed by atoms with Crippen molar-refractivity contribution in [3.63, 3.8) is 0 Å². The quantitative estimate of drug-likeness (QED) is 0.776. The Kier molecular flexibility index (Phi) is 5.96. The first-order valence-electron chi connectivity index (χ1n) is 7.82. The summed E-state index contributed by atoms with van der Waals surface area (Å²) in [5, 5.41) is 15.8. The molecule has 0 radical (unpaired) electrons. The number of carbonyl (C=O) groups excluding carboxylic acids is 1. The number of amides is 1. The zero-order chi connectivity index (χ0) is 16.9. The molecule has 0 fully saturated rings. The van der Waals surface area contributed by atoms with Crippen LogP contribution < -0.4 is 5.32 Å². The minimum atomic E-state index is -0.871. The van der Waals surface area contributed by atoms with Crippen LogP contribution in [0.5, 0.6) is 0 Å². The van der Waals surface area contributed by atoms with Crippen molar-refractivity contribution in [2.75, 3.05) is 6.54 Å². The van der Waals surface area contributed by atoms with E-state index in [0.29, 0.717) is 12.3 Å². The lowest BCUT2D eigenvalue weighted by Crippen LogP contribution is -2.41. The third-order valence-electron chi connectivity index (χ3n) is 3.59. The molecule has 0 aromatic carbocycles. The molecular weight excluding hydrogens is 312 g/mol. The number of aliphatic hydroxyl groups is 1. The Labute approximate surface area is 140 Å². The Morgan fingerprint density at radius 3 is 2.96 bits per heavy atom. The molecule has 0 aliphatic rings. The number of nitrogens with one attached hydrogen (secondary N) is 1. The SMILES string of the molecule is CC(C)CCC(C)(O)CNC(=O)Cc1csc(-c2ccoc2)n1. The van der Waals surface area contributed by atoms with E-state index < -0.39 is 5.60 Å². The second kappa shape index (κ2) is 7.75. The van der Waals surface area contributed by atoms with Gasteiger partial charge in [-0.25, -0.2) is 4.98 Å². The van der Waals surface area contributed by atoms with Crippen LogP contribution in [0.25, 0.3) is 10.6 Å². The normalized spacial score (nSPS) is 14.0. The van der Waals surface area contributed by atoms with Crippen molar-refractivity contribution in [2.45, 2.75) is 45.6 Å². The average molecular weight is 336 g/mol. The number of rotatable bonds is 8. The van der Waals surface area contributed by atoms with Crippen molar-refractivity contribution in [3.05, 3.63) is 29.7 Å². The number of carbonyl (C=O) groups is 1. The van der Waals surface area contributed by atoms with Crippen LogP contribution in [-0.4, -0.2) is 28.1 Å². The van der Waals surface area contributed by atoms with Crippen molar-refractivity contribution in [1.29, 1.82) is 0 Å². The summed E-state index contributed by atoms with van der Waals surface area (Å²) >= 11 is 1.48. The average Bonchev–Trinajstić information content (AvgIpc) is 3.14. The van der Waals surface area contributed by atoms with Crippen LogP contribution in [0.2, 0.25) is 0 Å². The van der Waals surface area contributed by atoms with Gasteiger partial charge in [0.25, 0.3) is 0 Å². The monoisotopic (exact) mass is 336 g/mol. The first-order valence-corrected chi connectivity index (χ1v) is 8.70. The van der Waals surface area contributed by atoms with Gasteiger partial charge in [0.2, 0.25) is 5.91 Å². The van der Waals surface area contributed by atoms with E-state index in [0.717, 1.165) is 22.7 Å². The third-order valence-corrected chi connectivity index (χ3v) is 4.53. The molecular formula is C17H24N2O3S. The van der Waals surface area contributed by atoms with Crippen LogP contribution in [0.4, 0.5) is 0 Å². The summed E-state index contributed by atoms with van der Waals surface area (Å²) in [6, 6.07) is 1.84. The lowest BCUT2D eigenvalue weighted by molar-refractivity contribution is -0.121. The fourth-order valence-corrected chi connectivity index (χ4v) is 2.92. The maximum atomic E-state index is 12.0. The predicted molar refractivity (Wildman–Crippen MR) is 91.2 cm³/mol. The van der Waals surface area contributed by atoms with Crippen LogP contribution in [-0.2, 0) is 11.2 Å². The van der Waals surface area contributed by atoms with E-state index in [2.05, 4.69) is 24.1 Å². The fourth-order valence-electron chi connectivity index (χ4n) is 2.11. The van der Waals surface area contributed by atoms with E-state index in [1.807, 2.05) is 11.4 Å². The highest BCUT2D eigenvalue weighted by Gasteiger charge is 2.21. The standard InChI is InChI=1S/C17H24N2O3S/c1-12(2)4-6-17(3,21)11-18-15(20)8-14-10-23-16(19-14)13-5-7-22-9-13/h5,7,9-10,12,21H,4,6,8,11H2,1-3H3,(H,18,20). The van der Waals surface area contributed by atoms with Gasteiger partial charge in [0.05, 0.1) is 24.0 Å². The summed E-state index contributed by atoms with van der Waals surface area (Å²) in [4.78, 5) is 16.4. The summed E-state index contributed by atoms with van der Waals surface area (Å²) in [5.41, 5.74) is 0.771. The second-order valence-electron chi connectivity index (χ2n) is 6.54. The van der Waals surface area contributed by atoms with Gasteiger partial charge in [0, 0.05) is 17.5 Å². The molecule has 0 spiro atoms. The lowest BCUT2D eigenvalue weighted by Gasteiger charge is -2.24. The van der Waals surface area contributed by atoms with Crippen LogP contribution >= 0.6 is 11.3 Å². The van der Waals surface area contributed by atoms with Crippen molar-refractivity contribution in [1.82, 2.24) is 10.3 Å². The third kappa shape index (κ3) is 5.80. The number of aromatic nitrogens is 1. The molecule has 5 nitrogen and oxygen atoms in total. The van der Waals surface area contributed by atoms with Gasteiger partial charge in [-0.2, -0.15) is 0 Å². The molecule has 1 unspecified atom stereocenters. The van der Waals surface area contributed by atoms with Gasteiger partial charge in [-0.3, -0.25) is 4.79 Å². The summed E-state index contributed by atoms with van der Waals surface area (Å²) in [6.45, 7) is 6.26. The number of thiazole rings is 1. The number of furan rings is 1. The first kappa shape index (κ1) is 17.7. The summed E-state index contributed by atoms with van der Waals surface area (Å²) in [6.07, 6.45) is 5.06. The molecule has 0 saturated heterocycles. The van der Waals surface area contributed by atoms with Crippen molar-refractivity contribution in [3.8, 4) is 10.6 Å². The van der Waals surface area contributed by atoms with Crippen molar-refractivity contribution < 1.29 is 14.3 Å². The molecule has 0 aliphatic heterocycles. The lowest BCUT2D eigenvalue weighted by atomic mass is 9.95. The highest BCUT2D eigenvalue weighted by atomic mass is 32.1. The Hall–Kier alpha value is -1.66. The van der Waals surface area contributed by atoms with E-state index in [1.165, 1.54) is 11.3 Å². The molecule has 126 valence electrons. The molecule has 1 amide bonds. The highest BCUT2D eigenvalue weighted by molar-refractivity contribution is 7.13. The van der Waals surface area contributed by atoms with Crippen LogP contribution in [0.15, 0.2) is 28.4 Å². The molecule has 2 aromatic heterocycles. The maximum absolute atomic E-state index is 12.0. The van der Waals surface area contributed by atoms with E-state index in [9.17, 15) is 9.90 Å². The van der Waals surface area contributed by atoms with E-state index >= 15 is 0 Å². The van der Waals surface area contributed by atoms with Crippen molar-refractivity contribution in [2.24, 2.45) is 5.92 Å². The smallest absolute Gasteiger partial charge is 0.226 e. The maximum Gasteiger partial charge on any atom is 0.226 e. The summed E-state index contributed by atoms with van der Waals surface area (Å²) in [5.74, 6) is 0.410. The van der Waals surface area contributed by atoms with E-state index in [-0.39, 0.29) is 18.9 Å². The van der Waals surface area contributed by atoms with Gasteiger partial charge in [-0.15, -0.1) is 11.3 Å². The Morgan fingerprint density at radius 2 is 2.30 bits per heavy atom. The number of nitrogens with zero attached hydrogens (tertiary/aromatic N) is 1. The molecule has 1 atom stereocenters. The molecule has 2 N–H and O–H groups in total. The van der Waals surface area contributed by atoms with Gasteiger partial charge in [-0.05, 0) is 31.7 Å². The predicted octanol–water partition coefficient (Wildman–Crippen LogP) is 3.25. The minimum absolute atomic E-state index is 0.126. The van der Waals surface area contributed by atoms with Crippen LogP contribution in [0, 0.1) is 5.92 Å². The first-order chi connectivity index (χ1) is 10.9. The largest absolute Gasteiger partial charge is 0.472 e. The van der Waals surface area contributed by atoms with Crippen molar-refractivity contribution >= 4 is 17.2 Å². The van der Waals surface area contributed by atoms with Gasteiger partial charge in [0.15, 0.2) is 0 Å². The van der Waals surface area contributed by atoms with Gasteiger partial charge in [-0.1, -0.05) is 13.8 Å². The summed E-state index contributed by atoms with van der Waals surface area (Å²) < 4.78 is 5.03. The minimum Gasteiger partial charge on any atom is -0.472 e. The van der Waals surface area contributed by atoms with Gasteiger partial charge >= 0.3 is 0 Å². The number of hydrogen-bond donors (Lipinski definition) is 2. The van der Waals surface area contributed by atoms with E-state index in [4.69, 9.17) is 4.42 Å². The number of hydrogen-bond acceptors (Lipinski definition) is 5. The zero-order valence-electron chi connectivity index (χ0n) is 13.8. The molecule has 0 bridgehead atoms. The molecule has 23 heavy (non-hydrogen) atoms. The Balaban J connectivity index is 1.81. The molecule has 2 aromatic rings. The molecule has 0 saturated carbocycles. The zero-order valence-corrected chi connectivity index (χ0v) is 14.7. The molecule has 0 aliphatic carbocycles. The fraction of sp³-hybridized carbons (Fsp3) is 0.529. The Bertz CT molecular complexity index is 618. The molecule has 2 rings (SSSR count). The van der Waals surface area contributed by atoms with E-state index in [1.54, 1.807) is 19.5 Å². The van der Waals surface area contributed by atoms with Gasteiger partial charge in [0.1, 0.15) is 11.3 Å². The molecule has 6 heteroatoms. The van der Waals surface area contributed by atoms with Crippen LogP contribution in [0.1, 0.15) is 39.3 Å². The Morgan fingerprint density at radius 1 is 1.52 bits per heavy atom.